The van der Waals surface area contributed by atoms with Gasteiger partial charge in [0.25, 0.3) is 0 Å². The largest absolute Gasteiger partial charge is 0.504 e. The van der Waals surface area contributed by atoms with E-state index in [0.717, 1.165) is 0 Å². The average molecular weight is 456 g/mol. The van der Waals surface area contributed by atoms with E-state index in [4.69, 9.17) is 4.74 Å². The number of benzene rings is 2. The fraction of sp³-hybridized carbons (Fsp3) is 0. The zero-order chi connectivity index (χ0) is 21.4. The molecule has 6 N–H and O–H groups in total. The van der Waals surface area contributed by atoms with Gasteiger partial charge in [0.15, 0.2) is 44.3 Å². The Hall–Kier alpha value is -2.79. The number of phenols is 4. The first kappa shape index (κ1) is 20.0. The third-order valence-electron chi connectivity index (χ3n) is 3.61. The summed E-state index contributed by atoms with van der Waals surface area (Å²) in [5.74, 6) is -8.26. The van der Waals surface area contributed by atoms with Gasteiger partial charge in [0, 0.05) is 12.1 Å². The molecule has 1 aliphatic rings. The monoisotopic (exact) mass is 456 g/mol. The van der Waals surface area contributed by atoms with Crippen LogP contribution in [0.3, 0.4) is 0 Å². The summed E-state index contributed by atoms with van der Waals surface area (Å²) >= 11 is 0. The molecule has 2 aromatic carbocycles. The molecule has 0 aromatic heterocycles. The lowest BCUT2D eigenvalue weighted by Crippen LogP contribution is -2.17. The predicted molar refractivity (Wildman–Crippen MR) is 84.7 cm³/mol. The molecule has 0 radical (unpaired) electrons. The molecule has 0 saturated carbocycles. The SMILES string of the molecule is O=S(=O)(O)c1c(O)c(O)cc2c1Oc1c(cc(O)c(O)c1S(=O)(=O)O)S2(=O)=O. The molecule has 0 fully saturated rings. The van der Waals surface area contributed by atoms with E-state index in [1.807, 2.05) is 0 Å². The second-order valence-electron chi connectivity index (χ2n) is 5.36. The maximum Gasteiger partial charge on any atom is 0.302 e. The van der Waals surface area contributed by atoms with Gasteiger partial charge in [-0.1, -0.05) is 0 Å². The van der Waals surface area contributed by atoms with Crippen molar-refractivity contribution in [3.63, 3.8) is 0 Å². The first-order valence-electron chi connectivity index (χ1n) is 6.64. The minimum Gasteiger partial charge on any atom is -0.504 e. The van der Waals surface area contributed by atoms with E-state index in [1.54, 1.807) is 0 Å². The molecule has 152 valence electrons. The van der Waals surface area contributed by atoms with Crippen molar-refractivity contribution in [1.29, 1.82) is 0 Å². The van der Waals surface area contributed by atoms with Crippen LogP contribution in [0.5, 0.6) is 34.5 Å². The van der Waals surface area contributed by atoms with E-state index in [2.05, 4.69) is 0 Å². The van der Waals surface area contributed by atoms with E-state index in [0.29, 0.717) is 12.1 Å². The number of phenolic OH excluding ortho intramolecular Hbond substituents is 4. The molecule has 1 aliphatic heterocycles. The Labute approximate surface area is 156 Å². The van der Waals surface area contributed by atoms with Crippen molar-refractivity contribution < 1.29 is 59.5 Å². The van der Waals surface area contributed by atoms with Crippen molar-refractivity contribution in [2.45, 2.75) is 19.6 Å². The zero-order valence-electron chi connectivity index (χ0n) is 12.9. The van der Waals surface area contributed by atoms with Gasteiger partial charge in [-0.15, -0.1) is 0 Å². The van der Waals surface area contributed by atoms with Gasteiger partial charge in [-0.3, -0.25) is 9.11 Å². The fourth-order valence-corrected chi connectivity index (χ4v) is 5.62. The summed E-state index contributed by atoms with van der Waals surface area (Å²) in [6.07, 6.45) is 0. The number of aromatic hydroxyl groups is 4. The molecule has 0 amide bonds. The van der Waals surface area contributed by atoms with Crippen LogP contribution in [0.2, 0.25) is 0 Å². The lowest BCUT2D eigenvalue weighted by atomic mass is 10.2. The summed E-state index contributed by atoms with van der Waals surface area (Å²) in [5, 5.41) is 38.7. The quantitative estimate of drug-likeness (QED) is 0.219. The zero-order valence-corrected chi connectivity index (χ0v) is 15.4. The summed E-state index contributed by atoms with van der Waals surface area (Å²) in [6, 6.07) is 0.684. The van der Waals surface area contributed by atoms with Crippen molar-refractivity contribution in [1.82, 2.24) is 0 Å². The molecule has 28 heavy (non-hydrogen) atoms. The lowest BCUT2D eigenvalue weighted by Gasteiger charge is -2.24. The highest BCUT2D eigenvalue weighted by Crippen LogP contribution is 2.55. The Morgan fingerprint density at radius 1 is 0.714 bits per heavy atom. The third kappa shape index (κ3) is 2.69. The van der Waals surface area contributed by atoms with Crippen molar-refractivity contribution in [2.24, 2.45) is 0 Å². The van der Waals surface area contributed by atoms with Crippen molar-refractivity contribution in [3.05, 3.63) is 12.1 Å². The van der Waals surface area contributed by atoms with E-state index in [1.165, 1.54) is 0 Å². The van der Waals surface area contributed by atoms with E-state index in [-0.39, 0.29) is 0 Å². The average Bonchev–Trinajstić information content (AvgIpc) is 2.49. The Morgan fingerprint density at radius 3 is 1.32 bits per heavy atom. The van der Waals surface area contributed by atoms with E-state index in [9.17, 15) is 54.8 Å². The number of fused-ring (bicyclic) bond motifs is 2. The molecular weight excluding hydrogens is 448 g/mol. The van der Waals surface area contributed by atoms with Gasteiger partial charge in [0.05, 0.1) is 0 Å². The Balaban J connectivity index is 2.59. The molecule has 0 aliphatic carbocycles. The van der Waals surface area contributed by atoms with Gasteiger partial charge in [-0.05, 0) is 0 Å². The second kappa shape index (κ2) is 5.61. The number of sulfone groups is 1. The molecule has 16 heteroatoms. The van der Waals surface area contributed by atoms with Crippen LogP contribution in [0.4, 0.5) is 0 Å². The number of hydrogen-bond acceptors (Lipinski definition) is 11. The highest BCUT2D eigenvalue weighted by molar-refractivity contribution is 7.92. The van der Waals surface area contributed by atoms with Crippen LogP contribution < -0.4 is 4.74 Å². The maximum absolute atomic E-state index is 12.8. The van der Waals surface area contributed by atoms with Crippen molar-refractivity contribution >= 4 is 30.1 Å². The minimum atomic E-state index is -5.44. The van der Waals surface area contributed by atoms with Crippen LogP contribution in [0.25, 0.3) is 0 Å². The van der Waals surface area contributed by atoms with Gasteiger partial charge in [-0.25, -0.2) is 8.42 Å². The van der Waals surface area contributed by atoms with Crippen molar-refractivity contribution in [2.75, 3.05) is 0 Å². The third-order valence-corrected chi connectivity index (χ3v) is 7.16. The molecule has 0 spiro atoms. The minimum absolute atomic E-state index is 0.342. The fourth-order valence-electron chi connectivity index (χ4n) is 2.48. The Morgan fingerprint density at radius 2 is 1.04 bits per heavy atom. The van der Waals surface area contributed by atoms with Crippen molar-refractivity contribution in [3.8, 4) is 34.5 Å². The van der Waals surface area contributed by atoms with Crippen LogP contribution in [-0.2, 0) is 30.1 Å². The van der Waals surface area contributed by atoms with Gasteiger partial charge in [0.1, 0.15) is 9.79 Å². The summed E-state index contributed by atoms with van der Waals surface area (Å²) in [6.45, 7) is 0. The Bertz CT molecular complexity index is 1270. The van der Waals surface area contributed by atoms with Crippen LogP contribution in [0.1, 0.15) is 0 Å². The maximum atomic E-state index is 12.8. The number of rotatable bonds is 2. The van der Waals surface area contributed by atoms with Gasteiger partial charge < -0.3 is 25.2 Å². The topological polar surface area (TPSA) is 233 Å². The highest BCUT2D eigenvalue weighted by Gasteiger charge is 2.43. The standard InChI is InChI=1S/C12H8O13S3/c13-3-1-5-9(11(7(3)15)27(19,20)21)25-10-6(26(5,17)18)2-4(14)8(16)12(10)28(22,23)24/h1-2,13-16H,(H,19,20,21)(H,22,23,24). The summed E-state index contributed by atoms with van der Waals surface area (Å²) in [7, 11) is -15.8. The molecule has 0 saturated heterocycles. The first-order chi connectivity index (χ1) is 12.6. The molecule has 13 nitrogen and oxygen atoms in total. The van der Waals surface area contributed by atoms with Crippen LogP contribution in [0, 0.1) is 0 Å². The van der Waals surface area contributed by atoms with Gasteiger partial charge >= 0.3 is 20.2 Å². The Kier molecular flexibility index (Phi) is 4.00. The number of hydrogen-bond donors (Lipinski definition) is 6. The normalized spacial score (nSPS) is 15.4. The molecular formula is C12H8O13S3. The molecule has 2 aromatic rings. The lowest BCUT2D eigenvalue weighted by molar-refractivity contribution is 0.349. The van der Waals surface area contributed by atoms with Gasteiger partial charge in [-0.2, -0.15) is 16.8 Å². The molecule has 0 atom stereocenters. The first-order valence-corrected chi connectivity index (χ1v) is 11.0. The van der Waals surface area contributed by atoms with E-state index >= 15 is 0 Å². The van der Waals surface area contributed by atoms with Crippen LogP contribution in [-0.4, -0.2) is 54.8 Å². The predicted octanol–water partition coefficient (Wildman–Crippen LogP) is -0.0591. The molecule has 3 rings (SSSR count). The smallest absolute Gasteiger partial charge is 0.302 e. The van der Waals surface area contributed by atoms with E-state index < -0.39 is 84.2 Å². The second-order valence-corrected chi connectivity index (χ2v) is 9.96. The number of ether oxygens (including phenoxy) is 1. The van der Waals surface area contributed by atoms with Crippen LogP contribution in [0.15, 0.2) is 31.7 Å². The van der Waals surface area contributed by atoms with Gasteiger partial charge in [0.2, 0.25) is 9.84 Å². The summed E-state index contributed by atoms with van der Waals surface area (Å²) in [5.41, 5.74) is 0. The highest BCUT2D eigenvalue weighted by atomic mass is 32.2. The summed E-state index contributed by atoms with van der Waals surface area (Å²) in [4.78, 5) is -5.50. The summed E-state index contributed by atoms with van der Waals surface area (Å²) < 4.78 is 95.2. The molecule has 0 bridgehead atoms. The molecule has 1 heterocycles. The molecule has 0 unspecified atom stereocenters. The van der Waals surface area contributed by atoms with Crippen LogP contribution >= 0.6 is 0 Å².